The largest absolute Gasteiger partial charge is 0.416 e. The Hall–Kier alpha value is -2.36. The zero-order valence-corrected chi connectivity index (χ0v) is 15.6. The van der Waals surface area contributed by atoms with Gasteiger partial charge in [0.15, 0.2) is 6.35 Å². The van der Waals surface area contributed by atoms with E-state index in [0.29, 0.717) is 48.7 Å². The van der Waals surface area contributed by atoms with Crippen molar-refractivity contribution in [2.45, 2.75) is 25.6 Å². The number of anilines is 2. The molecule has 1 saturated heterocycles. The monoisotopic (exact) mass is 410 g/mol. The van der Waals surface area contributed by atoms with Crippen molar-refractivity contribution in [3.05, 3.63) is 58.9 Å². The first kappa shape index (κ1) is 19.9. The summed E-state index contributed by atoms with van der Waals surface area (Å²) in [7, 11) is 0. The molecule has 2 aliphatic rings. The predicted molar refractivity (Wildman–Crippen MR) is 102 cm³/mol. The number of aliphatic hydroxyl groups excluding tert-OH is 1. The molecule has 9 heteroatoms. The number of piperazine rings is 1. The van der Waals surface area contributed by atoms with Crippen LogP contribution in [0.3, 0.4) is 0 Å². The van der Waals surface area contributed by atoms with Gasteiger partial charge in [-0.15, -0.1) is 0 Å². The highest BCUT2D eigenvalue weighted by atomic mass is 19.4. The van der Waals surface area contributed by atoms with Crippen molar-refractivity contribution < 1.29 is 22.7 Å². The molecule has 1 unspecified atom stereocenters. The van der Waals surface area contributed by atoms with Gasteiger partial charge >= 0.3 is 6.18 Å². The highest BCUT2D eigenvalue weighted by molar-refractivity contribution is 5.71. The number of rotatable bonds is 3. The van der Waals surface area contributed by atoms with Gasteiger partial charge in [-0.1, -0.05) is 12.1 Å². The third-order valence-electron chi connectivity index (χ3n) is 5.30. The number of alkyl halides is 3. The average molecular weight is 410 g/mol. The third kappa shape index (κ3) is 4.17. The first-order valence-electron chi connectivity index (χ1n) is 9.45. The molecule has 4 rings (SSSR count). The van der Waals surface area contributed by atoms with E-state index in [1.54, 1.807) is 6.07 Å². The highest BCUT2D eigenvalue weighted by Crippen LogP contribution is 2.41. The number of halogens is 4. The average Bonchev–Trinajstić information content (AvgIpc) is 2.69. The summed E-state index contributed by atoms with van der Waals surface area (Å²) in [4.78, 5) is 3.37. The van der Waals surface area contributed by atoms with Gasteiger partial charge in [-0.3, -0.25) is 5.32 Å². The zero-order chi connectivity index (χ0) is 20.6. The molecule has 156 valence electrons. The zero-order valence-electron chi connectivity index (χ0n) is 15.6. The quantitative estimate of drug-likeness (QED) is 0.680. The number of fused-ring (bicyclic) bond motifs is 1. The molecule has 2 aliphatic heterocycles. The highest BCUT2D eigenvalue weighted by Gasteiger charge is 2.36. The van der Waals surface area contributed by atoms with Crippen LogP contribution in [-0.2, 0) is 19.3 Å². The van der Waals surface area contributed by atoms with E-state index in [4.69, 9.17) is 0 Å². The first-order chi connectivity index (χ1) is 13.8. The van der Waals surface area contributed by atoms with Gasteiger partial charge in [-0.2, -0.15) is 13.2 Å². The minimum Gasteiger partial charge on any atom is -0.369 e. The molecule has 3 N–H and O–H groups in total. The van der Waals surface area contributed by atoms with E-state index in [1.165, 1.54) is 29.2 Å². The van der Waals surface area contributed by atoms with Gasteiger partial charge in [-0.25, -0.2) is 4.39 Å². The van der Waals surface area contributed by atoms with E-state index >= 15 is 0 Å². The van der Waals surface area contributed by atoms with Gasteiger partial charge in [0.05, 0.1) is 5.56 Å². The van der Waals surface area contributed by atoms with Crippen molar-refractivity contribution in [3.8, 4) is 0 Å². The molecule has 0 amide bonds. The maximum Gasteiger partial charge on any atom is 0.416 e. The van der Waals surface area contributed by atoms with Crippen molar-refractivity contribution in [3.63, 3.8) is 0 Å². The van der Waals surface area contributed by atoms with Gasteiger partial charge in [0, 0.05) is 56.2 Å². The summed E-state index contributed by atoms with van der Waals surface area (Å²) >= 11 is 0. The fraction of sp³-hybridized carbons (Fsp3) is 0.400. The lowest BCUT2D eigenvalue weighted by Crippen LogP contribution is -2.50. The molecule has 0 saturated carbocycles. The minimum atomic E-state index is -4.52. The van der Waals surface area contributed by atoms with E-state index in [2.05, 4.69) is 10.6 Å². The molecule has 1 atom stereocenters. The SMILES string of the molecule is OC1NCc2c(N3CCNCC3)cc(C(F)(F)F)cc2N1Cc1cccc(F)c1. The number of nitrogens with zero attached hydrogens (tertiary/aromatic N) is 2. The third-order valence-corrected chi connectivity index (χ3v) is 5.30. The van der Waals surface area contributed by atoms with Crippen LogP contribution in [0.25, 0.3) is 0 Å². The molecule has 5 nitrogen and oxygen atoms in total. The van der Waals surface area contributed by atoms with Crippen LogP contribution >= 0.6 is 0 Å². The molecule has 0 radical (unpaired) electrons. The molecule has 0 bridgehead atoms. The molecule has 0 aliphatic carbocycles. The van der Waals surface area contributed by atoms with Crippen molar-refractivity contribution >= 4 is 11.4 Å². The lowest BCUT2D eigenvalue weighted by molar-refractivity contribution is -0.137. The topological polar surface area (TPSA) is 50.8 Å². The van der Waals surface area contributed by atoms with E-state index in [1.807, 2.05) is 4.90 Å². The molecule has 29 heavy (non-hydrogen) atoms. The van der Waals surface area contributed by atoms with Gasteiger partial charge < -0.3 is 20.2 Å². The lowest BCUT2D eigenvalue weighted by Gasteiger charge is -2.40. The second-order valence-corrected chi connectivity index (χ2v) is 7.24. The van der Waals surface area contributed by atoms with E-state index in [-0.39, 0.29) is 13.1 Å². The minimum absolute atomic E-state index is 0.0707. The van der Waals surface area contributed by atoms with Crippen LogP contribution in [0.4, 0.5) is 28.9 Å². The molecular formula is C20H22F4N4O. The molecule has 0 spiro atoms. The van der Waals surface area contributed by atoms with E-state index in [9.17, 15) is 22.7 Å². The van der Waals surface area contributed by atoms with E-state index in [0.717, 1.165) is 6.07 Å². The molecule has 2 aromatic carbocycles. The van der Waals surface area contributed by atoms with Crippen LogP contribution in [-0.4, -0.2) is 37.6 Å². The van der Waals surface area contributed by atoms with Crippen molar-refractivity contribution in [2.24, 2.45) is 0 Å². The Morgan fingerprint density at radius 1 is 1.07 bits per heavy atom. The lowest BCUT2D eigenvalue weighted by atomic mass is 10.0. The first-order valence-corrected chi connectivity index (χ1v) is 9.45. The Morgan fingerprint density at radius 2 is 1.79 bits per heavy atom. The van der Waals surface area contributed by atoms with Crippen LogP contribution in [0.15, 0.2) is 36.4 Å². The molecule has 0 aromatic heterocycles. The van der Waals surface area contributed by atoms with Crippen LogP contribution in [0.1, 0.15) is 16.7 Å². The number of nitrogens with one attached hydrogen (secondary N) is 2. The molecular weight excluding hydrogens is 388 g/mol. The van der Waals surface area contributed by atoms with Crippen LogP contribution in [0, 0.1) is 5.82 Å². The van der Waals surface area contributed by atoms with Gasteiger partial charge in [-0.05, 0) is 29.8 Å². The summed E-state index contributed by atoms with van der Waals surface area (Å²) < 4.78 is 54.5. The summed E-state index contributed by atoms with van der Waals surface area (Å²) in [6.45, 7) is 2.89. The number of aliphatic hydroxyl groups is 1. The number of benzene rings is 2. The summed E-state index contributed by atoms with van der Waals surface area (Å²) in [6, 6.07) is 8.08. The second-order valence-electron chi connectivity index (χ2n) is 7.24. The van der Waals surface area contributed by atoms with Crippen molar-refractivity contribution in [1.29, 1.82) is 0 Å². The second kappa shape index (κ2) is 7.81. The van der Waals surface area contributed by atoms with E-state index < -0.39 is 23.9 Å². The Kier molecular flexibility index (Phi) is 5.37. The van der Waals surface area contributed by atoms with Crippen LogP contribution in [0.2, 0.25) is 0 Å². The summed E-state index contributed by atoms with van der Waals surface area (Å²) in [5, 5.41) is 16.6. The molecule has 1 fully saturated rings. The summed E-state index contributed by atoms with van der Waals surface area (Å²) in [5.41, 5.74) is 1.31. The Morgan fingerprint density at radius 3 is 2.48 bits per heavy atom. The van der Waals surface area contributed by atoms with Crippen molar-refractivity contribution in [1.82, 2.24) is 10.6 Å². The number of hydrogen-bond acceptors (Lipinski definition) is 5. The summed E-state index contributed by atoms with van der Waals surface area (Å²) in [6.07, 6.45) is -5.69. The maximum absolute atomic E-state index is 13.6. The Bertz CT molecular complexity index is 883. The smallest absolute Gasteiger partial charge is 0.369 e. The van der Waals surface area contributed by atoms with Crippen LogP contribution < -0.4 is 20.4 Å². The fourth-order valence-corrected chi connectivity index (χ4v) is 3.87. The molecule has 2 heterocycles. The van der Waals surface area contributed by atoms with Crippen LogP contribution in [0.5, 0.6) is 0 Å². The Balaban J connectivity index is 1.79. The van der Waals surface area contributed by atoms with Gasteiger partial charge in [0.25, 0.3) is 0 Å². The summed E-state index contributed by atoms with van der Waals surface area (Å²) in [5.74, 6) is -0.437. The molecule has 2 aromatic rings. The van der Waals surface area contributed by atoms with Crippen molar-refractivity contribution in [2.75, 3.05) is 36.0 Å². The predicted octanol–water partition coefficient (Wildman–Crippen LogP) is 2.64. The fourth-order valence-electron chi connectivity index (χ4n) is 3.87. The standard InChI is InChI=1S/C20H22F4N4O/c21-15-3-1-2-13(8-15)12-28-18-10-14(20(22,23)24)9-17(16(18)11-26-19(28)29)27-6-4-25-5-7-27/h1-3,8-10,19,25-26,29H,4-7,11-12H2. The Labute approximate surface area is 165 Å². The normalized spacial score (nSPS) is 20.0. The van der Waals surface area contributed by atoms with Gasteiger partial charge in [0.1, 0.15) is 5.82 Å². The van der Waals surface area contributed by atoms with Gasteiger partial charge in [0.2, 0.25) is 0 Å². The number of hydrogen-bond donors (Lipinski definition) is 3. The maximum atomic E-state index is 13.6.